The minimum Gasteiger partial charge on any atom is -0.443 e. The van der Waals surface area contributed by atoms with E-state index in [0.717, 1.165) is 13.2 Å². The molecule has 0 saturated carbocycles. The van der Waals surface area contributed by atoms with Gasteiger partial charge in [-0.2, -0.15) is 0 Å². The molecule has 21 heavy (non-hydrogen) atoms. The molecule has 1 heterocycles. The van der Waals surface area contributed by atoms with Crippen LogP contribution in [0.4, 0.5) is 15.6 Å². The molecule has 1 amide bonds. The van der Waals surface area contributed by atoms with Crippen molar-refractivity contribution in [3.63, 3.8) is 0 Å². The second-order valence-electron chi connectivity index (χ2n) is 5.21. The number of benzene rings is 1. The molecule has 0 N–H and O–H groups in total. The van der Waals surface area contributed by atoms with Gasteiger partial charge in [0.25, 0.3) is 0 Å². The Bertz CT molecular complexity index is 621. The van der Waals surface area contributed by atoms with Gasteiger partial charge < -0.3 is 4.74 Å². The van der Waals surface area contributed by atoms with Crippen LogP contribution >= 0.6 is 49.9 Å². The summed E-state index contributed by atoms with van der Waals surface area (Å²) in [6.07, 6.45) is -0.439. The minimum absolute atomic E-state index is 0.439. The highest BCUT2D eigenvalue weighted by molar-refractivity contribution is 14.1. The quantitative estimate of drug-likeness (QED) is 0.526. The summed E-state index contributed by atoms with van der Waals surface area (Å²) in [5, 5.41) is 0.576. The Kier molecular flexibility index (Phi) is 5.26. The zero-order valence-corrected chi connectivity index (χ0v) is 16.3. The molecule has 0 atom stereocenters. The molecule has 2 rings (SSSR count). The summed E-state index contributed by atoms with van der Waals surface area (Å²) in [6.45, 7) is 5.53. The Hall–Kier alpha value is -0.670. The lowest BCUT2D eigenvalue weighted by Gasteiger charge is -2.25. The summed E-state index contributed by atoms with van der Waals surface area (Å²) in [5.74, 6) is 0. The lowest BCUT2D eigenvalue weighted by Crippen LogP contribution is -2.33. The maximum Gasteiger partial charge on any atom is 0.421 e. The number of amides is 1. The van der Waals surface area contributed by atoms with Crippen LogP contribution in [0.2, 0.25) is 0 Å². The number of anilines is 2. The molecule has 1 aromatic heterocycles. The van der Waals surface area contributed by atoms with Gasteiger partial charge in [-0.3, -0.25) is 0 Å². The highest BCUT2D eigenvalue weighted by Gasteiger charge is 2.27. The zero-order chi connectivity index (χ0) is 15.6. The Morgan fingerprint density at radius 3 is 2.43 bits per heavy atom. The summed E-state index contributed by atoms with van der Waals surface area (Å²) in [6, 6.07) is 9.36. The van der Waals surface area contributed by atoms with E-state index < -0.39 is 11.7 Å². The van der Waals surface area contributed by atoms with Gasteiger partial charge in [-0.25, -0.2) is 14.7 Å². The number of para-hydroxylation sites is 1. The van der Waals surface area contributed by atoms with Crippen LogP contribution in [-0.2, 0) is 4.74 Å². The number of halogens is 2. The van der Waals surface area contributed by atoms with Gasteiger partial charge in [0.2, 0.25) is 5.13 Å². The van der Waals surface area contributed by atoms with E-state index in [1.165, 1.54) is 16.2 Å². The van der Waals surface area contributed by atoms with E-state index in [-0.39, 0.29) is 0 Å². The molecular formula is C14H14BrIN2O2S. The fourth-order valence-electron chi connectivity index (χ4n) is 1.55. The summed E-state index contributed by atoms with van der Waals surface area (Å²) in [7, 11) is 0. The van der Waals surface area contributed by atoms with Crippen LogP contribution in [0.3, 0.4) is 0 Å². The van der Waals surface area contributed by atoms with Gasteiger partial charge in [-0.1, -0.05) is 29.5 Å². The molecule has 0 spiro atoms. The summed E-state index contributed by atoms with van der Waals surface area (Å²) < 4.78 is 7.20. The number of thiazole rings is 1. The number of hydrogen-bond donors (Lipinski definition) is 0. The van der Waals surface area contributed by atoms with Crippen molar-refractivity contribution in [3.8, 4) is 0 Å². The molecule has 4 nitrogen and oxygen atoms in total. The van der Waals surface area contributed by atoms with Crippen LogP contribution in [0.5, 0.6) is 0 Å². The van der Waals surface area contributed by atoms with Gasteiger partial charge in [0.1, 0.15) is 13.1 Å². The maximum atomic E-state index is 12.5. The Morgan fingerprint density at radius 1 is 1.33 bits per heavy atom. The van der Waals surface area contributed by atoms with Crippen molar-refractivity contribution in [2.75, 3.05) is 4.90 Å². The zero-order valence-electron chi connectivity index (χ0n) is 11.8. The van der Waals surface area contributed by atoms with E-state index >= 15 is 0 Å². The maximum absolute atomic E-state index is 12.5. The van der Waals surface area contributed by atoms with E-state index in [9.17, 15) is 4.79 Å². The van der Waals surface area contributed by atoms with Crippen molar-refractivity contribution < 1.29 is 9.53 Å². The molecular weight excluding hydrogens is 467 g/mol. The Balaban J connectivity index is 2.42. The van der Waals surface area contributed by atoms with Crippen molar-refractivity contribution in [2.24, 2.45) is 0 Å². The largest absolute Gasteiger partial charge is 0.443 e. The summed E-state index contributed by atoms with van der Waals surface area (Å²) in [4.78, 5) is 18.4. The highest BCUT2D eigenvalue weighted by Crippen LogP contribution is 2.35. The van der Waals surface area contributed by atoms with Crippen LogP contribution in [-0.4, -0.2) is 16.7 Å². The number of rotatable bonds is 2. The number of carbonyl (C=O) groups is 1. The average molecular weight is 481 g/mol. The molecule has 0 bridgehead atoms. The summed E-state index contributed by atoms with van der Waals surface area (Å²) >= 11 is 6.99. The van der Waals surface area contributed by atoms with Crippen LogP contribution < -0.4 is 4.90 Å². The Morgan fingerprint density at radius 2 is 1.95 bits per heavy atom. The van der Waals surface area contributed by atoms with Crippen molar-refractivity contribution in [2.45, 2.75) is 26.4 Å². The number of aromatic nitrogens is 1. The fourth-order valence-corrected chi connectivity index (χ4v) is 3.49. The first-order chi connectivity index (χ1) is 9.78. The predicted molar refractivity (Wildman–Crippen MR) is 97.3 cm³/mol. The van der Waals surface area contributed by atoms with E-state index in [1.54, 1.807) is 0 Å². The van der Waals surface area contributed by atoms with E-state index in [1.807, 2.05) is 51.1 Å². The molecule has 1 aromatic carbocycles. The van der Waals surface area contributed by atoms with Crippen LogP contribution in [0.1, 0.15) is 20.8 Å². The van der Waals surface area contributed by atoms with Gasteiger partial charge in [-0.15, -0.1) is 0 Å². The van der Waals surface area contributed by atoms with E-state index in [0.29, 0.717) is 5.13 Å². The number of ether oxygens (including phenoxy) is 1. The summed E-state index contributed by atoms with van der Waals surface area (Å²) in [5.41, 5.74) is 0.163. The van der Waals surface area contributed by atoms with Crippen molar-refractivity contribution in [3.05, 3.63) is 37.8 Å². The van der Waals surface area contributed by atoms with E-state index in [2.05, 4.69) is 43.5 Å². The minimum atomic E-state index is -0.564. The van der Waals surface area contributed by atoms with Gasteiger partial charge >= 0.3 is 6.09 Å². The molecule has 0 aliphatic heterocycles. The molecule has 0 aliphatic carbocycles. The molecule has 0 unspecified atom stereocenters. The van der Waals surface area contributed by atoms with Crippen LogP contribution in [0.15, 0.2) is 34.9 Å². The van der Waals surface area contributed by atoms with E-state index in [4.69, 9.17) is 4.74 Å². The smallest absolute Gasteiger partial charge is 0.421 e. The normalized spacial score (nSPS) is 11.3. The first-order valence-corrected chi connectivity index (χ1v) is 8.87. The molecule has 112 valence electrons. The average Bonchev–Trinajstić information content (AvgIpc) is 2.68. The van der Waals surface area contributed by atoms with Crippen molar-refractivity contribution in [1.82, 2.24) is 4.98 Å². The van der Waals surface area contributed by atoms with Gasteiger partial charge in [0.15, 0.2) is 0 Å². The molecule has 0 aliphatic rings. The lowest BCUT2D eigenvalue weighted by atomic mass is 10.2. The van der Waals surface area contributed by atoms with Gasteiger partial charge in [0.05, 0.1) is 5.69 Å². The number of hydrogen-bond acceptors (Lipinski definition) is 4. The lowest BCUT2D eigenvalue weighted by molar-refractivity contribution is 0.0599. The Labute approximate surface area is 149 Å². The topological polar surface area (TPSA) is 42.4 Å². The standard InChI is InChI=1S/C14H14BrIN2O2S/c1-14(2,3)20-13(19)18(9-7-5-4-6-8-9)12-17-10(15)11(16)21-12/h4-8H,1-3H3. The SMILES string of the molecule is CC(C)(C)OC(=O)N(c1ccccc1)c1nc(Br)c(I)s1. The highest BCUT2D eigenvalue weighted by atomic mass is 127. The predicted octanol–water partition coefficient (Wildman–Crippen LogP) is 5.58. The third kappa shape index (κ3) is 4.40. The molecule has 2 aromatic rings. The molecule has 7 heteroatoms. The second-order valence-corrected chi connectivity index (χ2v) is 8.75. The van der Waals surface area contributed by atoms with Crippen LogP contribution in [0.25, 0.3) is 0 Å². The molecule has 0 fully saturated rings. The molecule has 0 radical (unpaired) electrons. The van der Waals surface area contributed by atoms with Crippen LogP contribution in [0, 0.1) is 2.88 Å². The fraction of sp³-hybridized carbons (Fsp3) is 0.286. The van der Waals surface area contributed by atoms with Gasteiger partial charge in [0, 0.05) is 0 Å². The first kappa shape index (κ1) is 16.7. The monoisotopic (exact) mass is 480 g/mol. The first-order valence-electron chi connectivity index (χ1n) is 6.18. The number of carbonyl (C=O) groups excluding carboxylic acids is 1. The molecule has 0 saturated heterocycles. The third-order valence-corrected chi connectivity index (χ3v) is 5.90. The van der Waals surface area contributed by atoms with Crippen molar-refractivity contribution >= 4 is 66.8 Å². The second kappa shape index (κ2) is 6.62. The number of nitrogens with zero attached hydrogens (tertiary/aromatic N) is 2. The third-order valence-electron chi connectivity index (χ3n) is 2.32. The van der Waals surface area contributed by atoms with Gasteiger partial charge in [-0.05, 0) is 71.4 Å². The van der Waals surface area contributed by atoms with Crippen molar-refractivity contribution in [1.29, 1.82) is 0 Å².